The number of likely N-dealkylation sites (tertiary alicyclic amines) is 1. The Kier molecular flexibility index (Phi) is 4.52. The molecule has 2 fully saturated rings. The van der Waals surface area contributed by atoms with E-state index in [4.69, 9.17) is 4.74 Å². The molecule has 0 radical (unpaired) electrons. The van der Waals surface area contributed by atoms with E-state index in [9.17, 15) is 4.79 Å². The maximum Gasteiger partial charge on any atom is 0.234 e. The zero-order valence-corrected chi connectivity index (χ0v) is 15.4. The first-order valence-corrected chi connectivity index (χ1v) is 9.84. The molecule has 0 bridgehead atoms. The van der Waals surface area contributed by atoms with E-state index < -0.39 is 0 Å². The predicted molar refractivity (Wildman–Crippen MR) is 101 cm³/mol. The van der Waals surface area contributed by atoms with Gasteiger partial charge in [-0.25, -0.2) is 0 Å². The zero-order chi connectivity index (χ0) is 17.3. The second-order valence-electron chi connectivity index (χ2n) is 7.13. The fourth-order valence-corrected chi connectivity index (χ4v) is 4.85. The monoisotopic (exact) mass is 356 g/mol. The molecule has 2 aromatic rings. The van der Waals surface area contributed by atoms with Crippen LogP contribution in [0.1, 0.15) is 24.8 Å². The molecule has 0 N–H and O–H groups in total. The third-order valence-electron chi connectivity index (χ3n) is 5.55. The maximum atomic E-state index is 13.1. The van der Waals surface area contributed by atoms with E-state index in [-0.39, 0.29) is 5.41 Å². The Hall–Kier alpha value is -1.85. The highest BCUT2D eigenvalue weighted by Crippen LogP contribution is 2.42. The lowest BCUT2D eigenvalue weighted by Gasteiger charge is -2.39. The molecular weight excluding hydrogens is 332 g/mol. The van der Waals surface area contributed by atoms with Crippen LogP contribution in [0.4, 0.5) is 5.69 Å². The van der Waals surface area contributed by atoms with Crippen molar-refractivity contribution in [1.29, 1.82) is 0 Å². The van der Waals surface area contributed by atoms with Gasteiger partial charge in [0.2, 0.25) is 5.91 Å². The molecule has 1 aromatic carbocycles. The van der Waals surface area contributed by atoms with Crippen LogP contribution in [0.2, 0.25) is 0 Å². The second-order valence-corrected chi connectivity index (χ2v) is 7.91. The smallest absolute Gasteiger partial charge is 0.234 e. The third-order valence-corrected chi connectivity index (χ3v) is 6.22. The van der Waals surface area contributed by atoms with Crippen molar-refractivity contribution in [2.75, 3.05) is 31.6 Å². The quantitative estimate of drug-likeness (QED) is 0.836. The van der Waals surface area contributed by atoms with Gasteiger partial charge in [0.15, 0.2) is 0 Å². The number of anilines is 1. The molecule has 1 aromatic heterocycles. The number of piperidine rings is 1. The molecule has 0 aliphatic carbocycles. The molecule has 2 aliphatic heterocycles. The van der Waals surface area contributed by atoms with Gasteiger partial charge in [0, 0.05) is 25.0 Å². The summed E-state index contributed by atoms with van der Waals surface area (Å²) in [7, 11) is 1.69. The van der Waals surface area contributed by atoms with Gasteiger partial charge in [-0.1, -0.05) is 12.1 Å². The van der Waals surface area contributed by atoms with Gasteiger partial charge in [-0.3, -0.25) is 9.69 Å². The minimum Gasteiger partial charge on any atom is -0.497 e. The lowest BCUT2D eigenvalue weighted by atomic mass is 9.78. The Balaban J connectivity index is 1.46. The molecule has 3 heterocycles. The highest BCUT2D eigenvalue weighted by atomic mass is 32.1. The number of thiophene rings is 1. The molecule has 5 heteroatoms. The van der Waals surface area contributed by atoms with E-state index in [0.717, 1.165) is 56.9 Å². The van der Waals surface area contributed by atoms with Gasteiger partial charge in [-0.15, -0.1) is 0 Å². The fourth-order valence-electron chi connectivity index (χ4n) is 4.21. The van der Waals surface area contributed by atoms with Crippen LogP contribution in [0.3, 0.4) is 0 Å². The summed E-state index contributed by atoms with van der Waals surface area (Å²) in [6, 6.07) is 10.3. The van der Waals surface area contributed by atoms with Crippen molar-refractivity contribution in [3.8, 4) is 5.75 Å². The fraction of sp³-hybridized carbons (Fsp3) is 0.450. The van der Waals surface area contributed by atoms with Crippen molar-refractivity contribution in [3.63, 3.8) is 0 Å². The summed E-state index contributed by atoms with van der Waals surface area (Å²) in [4.78, 5) is 17.6. The maximum absolute atomic E-state index is 13.1. The van der Waals surface area contributed by atoms with Gasteiger partial charge < -0.3 is 9.64 Å². The first kappa shape index (κ1) is 16.6. The summed E-state index contributed by atoms with van der Waals surface area (Å²) in [5.41, 5.74) is 2.16. The highest BCUT2D eigenvalue weighted by molar-refractivity contribution is 7.08. The molecule has 0 unspecified atom stereocenters. The van der Waals surface area contributed by atoms with Gasteiger partial charge in [-0.2, -0.15) is 11.3 Å². The predicted octanol–water partition coefficient (Wildman–Crippen LogP) is 3.78. The number of methoxy groups -OCH3 is 1. The molecule has 25 heavy (non-hydrogen) atoms. The lowest BCUT2D eigenvalue weighted by Crippen LogP contribution is -2.47. The Morgan fingerprint density at radius 1 is 1.16 bits per heavy atom. The van der Waals surface area contributed by atoms with E-state index in [2.05, 4.69) is 28.5 Å². The summed E-state index contributed by atoms with van der Waals surface area (Å²) in [6.07, 6.45) is 3.09. The van der Waals surface area contributed by atoms with E-state index >= 15 is 0 Å². The Morgan fingerprint density at radius 2 is 2.00 bits per heavy atom. The van der Waals surface area contributed by atoms with Crippen LogP contribution in [-0.2, 0) is 11.3 Å². The number of amides is 1. The average molecular weight is 356 g/mol. The summed E-state index contributed by atoms with van der Waals surface area (Å²) < 4.78 is 5.23. The van der Waals surface area contributed by atoms with E-state index in [1.165, 1.54) is 5.56 Å². The normalized spacial score (nSPS) is 24.2. The second kappa shape index (κ2) is 6.81. The van der Waals surface area contributed by atoms with E-state index in [1.54, 1.807) is 18.4 Å². The van der Waals surface area contributed by atoms with Gasteiger partial charge >= 0.3 is 0 Å². The van der Waals surface area contributed by atoms with Gasteiger partial charge in [-0.05, 0) is 54.9 Å². The molecule has 1 spiro atoms. The number of ether oxygens (including phenoxy) is 1. The molecule has 2 saturated heterocycles. The van der Waals surface area contributed by atoms with Crippen LogP contribution in [0.25, 0.3) is 0 Å². The number of benzene rings is 1. The minimum absolute atomic E-state index is 0.188. The van der Waals surface area contributed by atoms with Crippen molar-refractivity contribution in [2.45, 2.75) is 25.8 Å². The van der Waals surface area contributed by atoms with Gasteiger partial charge in [0.25, 0.3) is 0 Å². The highest BCUT2D eigenvalue weighted by Gasteiger charge is 2.49. The Labute approximate surface area is 153 Å². The van der Waals surface area contributed by atoms with Crippen LogP contribution >= 0.6 is 11.3 Å². The van der Waals surface area contributed by atoms with Crippen LogP contribution < -0.4 is 9.64 Å². The first-order chi connectivity index (χ1) is 12.2. The Bertz CT molecular complexity index is 729. The van der Waals surface area contributed by atoms with E-state index in [0.29, 0.717) is 5.91 Å². The Morgan fingerprint density at radius 3 is 2.72 bits per heavy atom. The van der Waals surface area contributed by atoms with Crippen molar-refractivity contribution in [3.05, 3.63) is 46.7 Å². The largest absolute Gasteiger partial charge is 0.497 e. The van der Waals surface area contributed by atoms with Crippen LogP contribution in [0.5, 0.6) is 5.75 Å². The standard InChI is InChI=1S/C20H24N2O2S/c1-24-18-5-3-16(4-6-18)13-21-10-2-8-20(15-21)9-11-22(19(20)23)17-7-12-25-14-17/h3-7,12,14H,2,8-11,13,15H2,1H3/t20-/m1/s1. The van der Waals surface area contributed by atoms with E-state index in [1.807, 2.05) is 22.4 Å². The molecule has 4 rings (SSSR count). The zero-order valence-electron chi connectivity index (χ0n) is 14.6. The number of rotatable bonds is 4. The number of carbonyl (C=O) groups excluding carboxylic acids is 1. The van der Waals surface area contributed by atoms with Crippen molar-refractivity contribution >= 4 is 22.9 Å². The van der Waals surface area contributed by atoms with Crippen LogP contribution in [-0.4, -0.2) is 37.6 Å². The first-order valence-electron chi connectivity index (χ1n) is 8.90. The van der Waals surface area contributed by atoms with Gasteiger partial charge in [0.05, 0.1) is 18.2 Å². The van der Waals surface area contributed by atoms with Crippen molar-refractivity contribution in [2.24, 2.45) is 5.41 Å². The summed E-state index contributed by atoms with van der Waals surface area (Å²) in [6.45, 7) is 3.70. The average Bonchev–Trinajstić information content (AvgIpc) is 3.26. The summed E-state index contributed by atoms with van der Waals surface area (Å²) in [5, 5.41) is 4.12. The number of carbonyl (C=O) groups is 1. The molecule has 4 nitrogen and oxygen atoms in total. The third kappa shape index (κ3) is 3.18. The van der Waals surface area contributed by atoms with Crippen molar-refractivity contribution in [1.82, 2.24) is 4.90 Å². The molecule has 0 saturated carbocycles. The van der Waals surface area contributed by atoms with Crippen LogP contribution in [0, 0.1) is 5.41 Å². The van der Waals surface area contributed by atoms with Crippen LogP contribution in [0.15, 0.2) is 41.1 Å². The number of nitrogens with zero attached hydrogens (tertiary/aromatic N) is 2. The molecular formula is C20H24N2O2S. The molecule has 1 amide bonds. The molecule has 132 valence electrons. The molecule has 2 aliphatic rings. The number of hydrogen-bond acceptors (Lipinski definition) is 4. The molecule has 1 atom stereocenters. The lowest BCUT2D eigenvalue weighted by molar-refractivity contribution is -0.128. The summed E-state index contributed by atoms with van der Waals surface area (Å²) in [5.74, 6) is 1.21. The van der Waals surface area contributed by atoms with Gasteiger partial charge in [0.1, 0.15) is 5.75 Å². The number of hydrogen-bond donors (Lipinski definition) is 0. The topological polar surface area (TPSA) is 32.8 Å². The summed E-state index contributed by atoms with van der Waals surface area (Å²) >= 11 is 1.65. The SMILES string of the molecule is COc1ccc(CN2CCC[C@@]3(CCN(c4ccsc4)C3=O)C2)cc1. The minimum atomic E-state index is -0.188. The van der Waals surface area contributed by atoms with Crippen molar-refractivity contribution < 1.29 is 9.53 Å².